The highest BCUT2D eigenvalue weighted by Crippen LogP contribution is 2.51. The summed E-state index contributed by atoms with van der Waals surface area (Å²) in [5.41, 5.74) is 2.33. The van der Waals surface area contributed by atoms with E-state index in [1.54, 1.807) is 19.2 Å². The molecule has 108 valence electrons. The summed E-state index contributed by atoms with van der Waals surface area (Å²) >= 11 is 0. The zero-order chi connectivity index (χ0) is 15.3. The van der Waals surface area contributed by atoms with Crippen molar-refractivity contribution in [2.24, 2.45) is 5.18 Å². The van der Waals surface area contributed by atoms with Crippen LogP contribution < -0.4 is 4.74 Å². The minimum atomic E-state index is 0.0266. The van der Waals surface area contributed by atoms with Crippen LogP contribution in [0.4, 0.5) is 5.69 Å². The quantitative estimate of drug-likeness (QED) is 0.533. The number of ether oxygens (including phenoxy) is 1. The summed E-state index contributed by atoms with van der Waals surface area (Å²) in [5, 5.41) is 15.9. The van der Waals surface area contributed by atoms with Crippen molar-refractivity contribution in [3.05, 3.63) is 47.4 Å². The molecule has 0 radical (unpaired) electrons. The van der Waals surface area contributed by atoms with Gasteiger partial charge in [0.1, 0.15) is 11.4 Å². The van der Waals surface area contributed by atoms with E-state index >= 15 is 0 Å². The zero-order valence-electron chi connectivity index (χ0n) is 11.8. The Morgan fingerprint density at radius 3 is 2.64 bits per heavy atom. The maximum atomic E-state index is 11.5. The fourth-order valence-electron chi connectivity index (χ4n) is 3.06. The van der Waals surface area contributed by atoms with Gasteiger partial charge in [-0.25, -0.2) is 0 Å². The number of aromatic hydroxyl groups is 1. The van der Waals surface area contributed by atoms with E-state index in [1.807, 2.05) is 30.3 Å². The minimum Gasteiger partial charge on any atom is -0.497 e. The van der Waals surface area contributed by atoms with Gasteiger partial charge in [0.2, 0.25) is 0 Å². The van der Waals surface area contributed by atoms with Crippen LogP contribution in [0.3, 0.4) is 0 Å². The molecule has 0 saturated carbocycles. The molecule has 2 aromatic carbocycles. The lowest BCUT2D eigenvalue weighted by Crippen LogP contribution is -1.86. The second kappa shape index (κ2) is 4.46. The summed E-state index contributed by atoms with van der Waals surface area (Å²) < 4.78 is 5.22. The van der Waals surface area contributed by atoms with E-state index in [-0.39, 0.29) is 5.88 Å². The highest BCUT2D eigenvalue weighted by Gasteiger charge is 2.25. The normalized spacial score (nSPS) is 11.3. The molecule has 2 aliphatic rings. The molecule has 0 fully saturated rings. The Labute approximate surface area is 125 Å². The number of nitrogens with zero attached hydrogens (tertiary/aromatic N) is 1. The smallest absolute Gasteiger partial charge is 0.197 e. The molecule has 1 heterocycles. The van der Waals surface area contributed by atoms with Crippen molar-refractivity contribution in [1.82, 2.24) is 4.98 Å². The van der Waals surface area contributed by atoms with Gasteiger partial charge in [0.15, 0.2) is 5.88 Å². The van der Waals surface area contributed by atoms with E-state index in [0.29, 0.717) is 28.0 Å². The van der Waals surface area contributed by atoms with Crippen molar-refractivity contribution in [1.29, 1.82) is 0 Å². The van der Waals surface area contributed by atoms with Gasteiger partial charge in [-0.15, -0.1) is 4.91 Å². The number of para-hydroxylation sites is 1. The summed E-state index contributed by atoms with van der Waals surface area (Å²) in [6.07, 6.45) is 0. The predicted molar refractivity (Wildman–Crippen MR) is 86.1 cm³/mol. The topological polar surface area (TPSA) is 74.7 Å². The Balaban J connectivity index is 2.30. The maximum Gasteiger partial charge on any atom is 0.197 e. The molecule has 0 aromatic heterocycles. The number of pyridine rings is 1. The number of aromatic nitrogens is 1. The Kier molecular flexibility index (Phi) is 2.56. The molecule has 5 heteroatoms. The fraction of sp³-hybridized carbons (Fsp3) is 0.0588. The number of benzene rings is 2. The first-order valence-electron chi connectivity index (χ1n) is 6.81. The van der Waals surface area contributed by atoms with Gasteiger partial charge < -0.3 is 14.8 Å². The van der Waals surface area contributed by atoms with Gasteiger partial charge in [0.25, 0.3) is 0 Å². The van der Waals surface area contributed by atoms with Crippen LogP contribution in [0, 0.1) is 4.91 Å². The number of nitroso groups, excluding NO2 is 1. The third-order valence-corrected chi connectivity index (χ3v) is 4.02. The van der Waals surface area contributed by atoms with Crippen LogP contribution in [-0.2, 0) is 0 Å². The predicted octanol–water partition coefficient (Wildman–Crippen LogP) is 4.54. The van der Waals surface area contributed by atoms with Crippen LogP contribution in [0.15, 0.2) is 47.6 Å². The summed E-state index contributed by atoms with van der Waals surface area (Å²) in [4.78, 5) is 14.4. The highest BCUT2D eigenvalue weighted by molar-refractivity contribution is 6.20. The van der Waals surface area contributed by atoms with Crippen LogP contribution in [0.5, 0.6) is 11.6 Å². The lowest BCUT2D eigenvalue weighted by Gasteiger charge is -2.09. The molecule has 2 N–H and O–H groups in total. The number of nitrogens with one attached hydrogen (secondary N) is 1. The van der Waals surface area contributed by atoms with Crippen LogP contribution in [0.2, 0.25) is 0 Å². The van der Waals surface area contributed by atoms with Crippen molar-refractivity contribution < 1.29 is 9.84 Å². The van der Waals surface area contributed by atoms with Crippen LogP contribution in [-0.4, -0.2) is 17.2 Å². The number of fused-ring (bicyclic) bond motifs is 5. The molecule has 5 nitrogen and oxygen atoms in total. The van der Waals surface area contributed by atoms with Gasteiger partial charge in [-0.2, -0.15) is 0 Å². The number of hydrogen-bond acceptors (Lipinski definition) is 4. The SMILES string of the molecule is COc1ccc2c3c(O)[nH]c4ccccc4c-3c(N=O)c2c1. The van der Waals surface area contributed by atoms with Crippen molar-refractivity contribution >= 4 is 27.4 Å². The molecular formula is C17H12N2O3. The number of hydrogen-bond donors (Lipinski definition) is 2. The summed E-state index contributed by atoms with van der Waals surface area (Å²) in [5.74, 6) is 0.666. The van der Waals surface area contributed by atoms with E-state index in [0.717, 1.165) is 16.3 Å². The fourth-order valence-corrected chi connectivity index (χ4v) is 3.06. The summed E-state index contributed by atoms with van der Waals surface area (Å²) in [7, 11) is 1.57. The van der Waals surface area contributed by atoms with Gasteiger partial charge in [-0.3, -0.25) is 0 Å². The standard InChI is InChI=1S/C17H12N2O3/c1-22-9-6-7-10-12(8-9)16(19-21)14-11-4-2-3-5-13(11)18-17(20)15(10)14/h2-8,18,20H,1H3. The van der Waals surface area contributed by atoms with Crippen molar-refractivity contribution in [3.63, 3.8) is 0 Å². The number of rotatable bonds is 2. The van der Waals surface area contributed by atoms with Crippen LogP contribution in [0.25, 0.3) is 32.8 Å². The molecule has 0 saturated heterocycles. The van der Waals surface area contributed by atoms with Crippen LogP contribution in [0.1, 0.15) is 0 Å². The Morgan fingerprint density at radius 1 is 1.05 bits per heavy atom. The van der Waals surface area contributed by atoms with E-state index in [4.69, 9.17) is 4.74 Å². The largest absolute Gasteiger partial charge is 0.497 e. The molecule has 0 atom stereocenters. The first-order valence-corrected chi connectivity index (χ1v) is 6.81. The molecule has 22 heavy (non-hydrogen) atoms. The number of aromatic amines is 1. The lowest BCUT2D eigenvalue weighted by molar-refractivity contribution is 0.415. The Bertz CT molecular complexity index is 1000. The molecule has 0 amide bonds. The van der Waals surface area contributed by atoms with E-state index in [2.05, 4.69) is 10.2 Å². The van der Waals surface area contributed by atoms with E-state index in [1.165, 1.54) is 0 Å². The molecule has 4 rings (SSSR count). The van der Waals surface area contributed by atoms with Crippen molar-refractivity contribution in [2.45, 2.75) is 0 Å². The molecule has 0 unspecified atom stereocenters. The summed E-state index contributed by atoms with van der Waals surface area (Å²) in [6.45, 7) is 0. The Hall–Kier alpha value is -3.08. The maximum absolute atomic E-state index is 11.5. The van der Waals surface area contributed by atoms with E-state index in [9.17, 15) is 10.0 Å². The van der Waals surface area contributed by atoms with Crippen molar-refractivity contribution in [2.75, 3.05) is 7.11 Å². The molecule has 1 aliphatic carbocycles. The average Bonchev–Trinajstić information content (AvgIpc) is 2.89. The first-order chi connectivity index (χ1) is 10.7. The van der Waals surface area contributed by atoms with Gasteiger partial charge in [-0.1, -0.05) is 18.2 Å². The van der Waals surface area contributed by atoms with Gasteiger partial charge >= 0.3 is 0 Å². The molecular weight excluding hydrogens is 280 g/mol. The minimum absolute atomic E-state index is 0.0266. The van der Waals surface area contributed by atoms with Crippen molar-refractivity contribution in [3.8, 4) is 22.8 Å². The average molecular weight is 292 g/mol. The molecule has 0 bridgehead atoms. The lowest BCUT2D eigenvalue weighted by atomic mass is 10.0. The van der Waals surface area contributed by atoms with Gasteiger partial charge in [0, 0.05) is 21.9 Å². The zero-order valence-corrected chi connectivity index (χ0v) is 11.8. The second-order valence-electron chi connectivity index (χ2n) is 5.12. The van der Waals surface area contributed by atoms with E-state index < -0.39 is 0 Å². The van der Waals surface area contributed by atoms with Gasteiger partial charge in [-0.05, 0) is 34.8 Å². The third-order valence-electron chi connectivity index (χ3n) is 4.02. The molecule has 1 aliphatic heterocycles. The third kappa shape index (κ3) is 1.53. The van der Waals surface area contributed by atoms with Gasteiger partial charge in [0.05, 0.1) is 12.7 Å². The molecule has 0 spiro atoms. The monoisotopic (exact) mass is 292 g/mol. The van der Waals surface area contributed by atoms with Crippen LogP contribution >= 0.6 is 0 Å². The highest BCUT2D eigenvalue weighted by atomic mass is 16.5. The number of H-pyrrole nitrogens is 1. The summed E-state index contributed by atoms with van der Waals surface area (Å²) in [6, 6.07) is 12.9. The second-order valence-corrected chi connectivity index (χ2v) is 5.12. The first kappa shape index (κ1) is 12.6. The number of methoxy groups -OCH3 is 1. The Morgan fingerprint density at radius 2 is 1.86 bits per heavy atom. The molecule has 2 aromatic rings.